The molecule has 0 amide bonds. The van der Waals surface area contributed by atoms with Crippen LogP contribution in [-0.4, -0.2) is 18.8 Å². The maximum atomic E-state index is 10.7. The Bertz CT molecular complexity index is 353. The van der Waals surface area contributed by atoms with Gasteiger partial charge in [0.25, 0.3) is 0 Å². The van der Waals surface area contributed by atoms with E-state index in [9.17, 15) is 4.79 Å². The van der Waals surface area contributed by atoms with Crippen LogP contribution in [0.1, 0.15) is 16.8 Å². The highest BCUT2D eigenvalue weighted by atomic mass is 35.5. The van der Waals surface area contributed by atoms with Crippen LogP contribution in [0.25, 0.3) is 0 Å². The van der Waals surface area contributed by atoms with Gasteiger partial charge in [0.05, 0.1) is 17.2 Å². The van der Waals surface area contributed by atoms with Gasteiger partial charge in [-0.25, -0.2) is 0 Å². The van der Waals surface area contributed by atoms with E-state index in [-0.39, 0.29) is 0 Å². The Morgan fingerprint density at radius 2 is 2.07 bits per heavy atom. The molecule has 0 aliphatic heterocycles. The molecule has 0 aliphatic carbocycles. The van der Waals surface area contributed by atoms with Crippen molar-refractivity contribution in [2.75, 3.05) is 12.5 Å². The van der Waals surface area contributed by atoms with Crippen molar-refractivity contribution in [2.45, 2.75) is 6.42 Å². The molecular formula is C10H9Cl3O2. The Labute approximate surface area is 103 Å². The molecule has 1 rings (SSSR count). The van der Waals surface area contributed by atoms with Gasteiger partial charge in [-0.15, -0.1) is 11.6 Å². The molecule has 0 bridgehead atoms. The van der Waals surface area contributed by atoms with E-state index in [1.165, 1.54) is 12.1 Å². The molecule has 5 heteroatoms. The fourth-order valence-corrected chi connectivity index (χ4v) is 1.72. The van der Waals surface area contributed by atoms with Crippen LogP contribution < -0.4 is 4.74 Å². The average molecular weight is 268 g/mol. The summed E-state index contributed by atoms with van der Waals surface area (Å²) in [5.74, 6) is 0.864. The van der Waals surface area contributed by atoms with Crippen LogP contribution in [0.4, 0.5) is 0 Å². The Hall–Kier alpha value is -0.440. The lowest BCUT2D eigenvalue weighted by molar-refractivity contribution is 0.111. The van der Waals surface area contributed by atoms with Gasteiger partial charge in [0, 0.05) is 10.9 Å². The number of ether oxygens (including phenoxy) is 1. The minimum atomic E-state index is 0.333. The summed E-state index contributed by atoms with van der Waals surface area (Å²) in [6, 6.07) is 3.04. The summed E-state index contributed by atoms with van der Waals surface area (Å²) in [7, 11) is 0. The predicted octanol–water partition coefficient (Wildman–Crippen LogP) is 3.81. The molecule has 0 spiro atoms. The summed E-state index contributed by atoms with van der Waals surface area (Å²) >= 11 is 17.1. The monoisotopic (exact) mass is 266 g/mol. The second-order valence-electron chi connectivity index (χ2n) is 2.81. The molecule has 82 valence electrons. The molecular weight excluding hydrogens is 258 g/mol. The van der Waals surface area contributed by atoms with E-state index in [1.807, 2.05) is 0 Å². The minimum Gasteiger partial charge on any atom is -0.491 e. The Balaban J connectivity index is 2.89. The van der Waals surface area contributed by atoms with Crippen LogP contribution in [0.5, 0.6) is 5.75 Å². The number of rotatable bonds is 5. The van der Waals surface area contributed by atoms with Gasteiger partial charge in [-0.05, 0) is 18.6 Å². The maximum Gasteiger partial charge on any atom is 0.153 e. The summed E-state index contributed by atoms with van der Waals surface area (Å²) in [6.07, 6.45) is 1.35. The second-order valence-corrected chi connectivity index (χ2v) is 4.04. The fraction of sp³-hybridized carbons (Fsp3) is 0.300. The number of aldehydes is 1. The molecule has 0 fully saturated rings. The van der Waals surface area contributed by atoms with Crippen LogP contribution in [0.2, 0.25) is 10.0 Å². The molecule has 2 nitrogen and oxygen atoms in total. The summed E-state index contributed by atoms with van der Waals surface area (Å²) in [4.78, 5) is 10.7. The normalized spacial score (nSPS) is 10.1. The molecule has 0 radical (unpaired) electrons. The van der Waals surface area contributed by atoms with Crippen LogP contribution in [0.3, 0.4) is 0 Å². The quantitative estimate of drug-likeness (QED) is 0.461. The Kier molecular flexibility index (Phi) is 5.23. The summed E-state index contributed by atoms with van der Waals surface area (Å²) in [5, 5.41) is 0.742. The van der Waals surface area contributed by atoms with Gasteiger partial charge >= 0.3 is 0 Å². The Morgan fingerprint density at radius 3 is 2.67 bits per heavy atom. The standard InChI is InChI=1S/C10H9Cl3O2/c11-2-1-3-15-10-7(6-14)4-8(12)5-9(10)13/h4-6H,1-3H2. The molecule has 15 heavy (non-hydrogen) atoms. The number of hydrogen-bond donors (Lipinski definition) is 0. The second kappa shape index (κ2) is 6.21. The number of hydrogen-bond acceptors (Lipinski definition) is 2. The van der Waals surface area contributed by atoms with Crippen LogP contribution in [0, 0.1) is 0 Å². The van der Waals surface area contributed by atoms with Gasteiger partial charge in [0.2, 0.25) is 0 Å². The van der Waals surface area contributed by atoms with Gasteiger partial charge < -0.3 is 4.74 Å². The zero-order chi connectivity index (χ0) is 11.3. The molecule has 0 saturated carbocycles. The first kappa shape index (κ1) is 12.6. The van der Waals surface area contributed by atoms with Crippen molar-refractivity contribution in [3.8, 4) is 5.75 Å². The molecule has 0 unspecified atom stereocenters. The van der Waals surface area contributed by atoms with Crippen molar-refractivity contribution in [3.63, 3.8) is 0 Å². The van der Waals surface area contributed by atoms with E-state index >= 15 is 0 Å². The van der Waals surface area contributed by atoms with Gasteiger partial charge in [-0.2, -0.15) is 0 Å². The van der Waals surface area contributed by atoms with Gasteiger partial charge in [-0.1, -0.05) is 23.2 Å². The highest BCUT2D eigenvalue weighted by Gasteiger charge is 2.09. The lowest BCUT2D eigenvalue weighted by Crippen LogP contribution is -2.01. The summed E-state index contributed by atoms with van der Waals surface area (Å²) < 4.78 is 5.35. The van der Waals surface area contributed by atoms with Crippen molar-refractivity contribution in [1.82, 2.24) is 0 Å². The summed E-state index contributed by atoms with van der Waals surface area (Å²) in [6.45, 7) is 0.422. The molecule has 0 heterocycles. The fourth-order valence-electron chi connectivity index (χ4n) is 1.05. The third-order valence-corrected chi connectivity index (χ3v) is 2.45. The van der Waals surface area contributed by atoms with E-state index in [0.29, 0.717) is 46.6 Å². The van der Waals surface area contributed by atoms with Crippen LogP contribution in [0.15, 0.2) is 12.1 Å². The molecule has 0 aliphatic rings. The van der Waals surface area contributed by atoms with Crippen molar-refractivity contribution >= 4 is 41.1 Å². The number of halogens is 3. The van der Waals surface area contributed by atoms with E-state index in [1.54, 1.807) is 0 Å². The van der Waals surface area contributed by atoms with E-state index < -0.39 is 0 Å². The minimum absolute atomic E-state index is 0.333. The smallest absolute Gasteiger partial charge is 0.153 e. The molecule has 0 aromatic heterocycles. The lowest BCUT2D eigenvalue weighted by Gasteiger charge is -2.09. The third-order valence-electron chi connectivity index (χ3n) is 1.69. The third kappa shape index (κ3) is 3.56. The molecule has 1 aromatic carbocycles. The average Bonchev–Trinajstić information content (AvgIpc) is 2.20. The first-order chi connectivity index (χ1) is 7.19. The molecule has 1 aromatic rings. The zero-order valence-corrected chi connectivity index (χ0v) is 10.1. The largest absolute Gasteiger partial charge is 0.491 e. The number of carbonyl (C=O) groups is 1. The lowest BCUT2D eigenvalue weighted by atomic mass is 10.2. The maximum absolute atomic E-state index is 10.7. The van der Waals surface area contributed by atoms with Gasteiger partial charge in [0.15, 0.2) is 6.29 Å². The first-order valence-corrected chi connectivity index (χ1v) is 5.61. The number of alkyl halides is 1. The zero-order valence-electron chi connectivity index (χ0n) is 7.80. The summed E-state index contributed by atoms with van der Waals surface area (Å²) in [5.41, 5.74) is 0.349. The highest BCUT2D eigenvalue weighted by Crippen LogP contribution is 2.31. The Morgan fingerprint density at radius 1 is 1.33 bits per heavy atom. The number of carbonyl (C=O) groups excluding carboxylic acids is 1. The van der Waals surface area contributed by atoms with Gasteiger partial charge in [0.1, 0.15) is 5.75 Å². The topological polar surface area (TPSA) is 26.3 Å². The molecule has 0 saturated heterocycles. The van der Waals surface area contributed by atoms with Gasteiger partial charge in [-0.3, -0.25) is 4.79 Å². The molecule has 0 N–H and O–H groups in total. The highest BCUT2D eigenvalue weighted by molar-refractivity contribution is 6.36. The van der Waals surface area contributed by atoms with E-state index in [0.717, 1.165) is 0 Å². The van der Waals surface area contributed by atoms with Crippen molar-refractivity contribution in [3.05, 3.63) is 27.7 Å². The number of benzene rings is 1. The van der Waals surface area contributed by atoms with Crippen LogP contribution >= 0.6 is 34.8 Å². The van der Waals surface area contributed by atoms with E-state index in [4.69, 9.17) is 39.5 Å². The van der Waals surface area contributed by atoms with E-state index in [2.05, 4.69) is 0 Å². The molecule has 0 atom stereocenters. The first-order valence-electron chi connectivity index (χ1n) is 4.32. The predicted molar refractivity (Wildman–Crippen MR) is 62.7 cm³/mol. The van der Waals surface area contributed by atoms with Crippen LogP contribution in [-0.2, 0) is 0 Å². The van der Waals surface area contributed by atoms with Crippen molar-refractivity contribution in [2.24, 2.45) is 0 Å². The SMILES string of the molecule is O=Cc1cc(Cl)cc(Cl)c1OCCCCl. The van der Waals surface area contributed by atoms with Crippen molar-refractivity contribution in [1.29, 1.82) is 0 Å². The van der Waals surface area contributed by atoms with Crippen molar-refractivity contribution < 1.29 is 9.53 Å².